The maximum absolute atomic E-state index is 6.18. The van der Waals surface area contributed by atoms with Crippen LogP contribution in [0.5, 0.6) is 0 Å². The van der Waals surface area contributed by atoms with E-state index < -0.39 is 0 Å². The van der Waals surface area contributed by atoms with Crippen LogP contribution in [0.4, 0.5) is 0 Å². The van der Waals surface area contributed by atoms with Crippen LogP contribution in [-0.4, -0.2) is 45.5 Å². The zero-order valence-electron chi connectivity index (χ0n) is 13.9. The summed E-state index contributed by atoms with van der Waals surface area (Å²) in [6, 6.07) is 5.46. The fourth-order valence-corrected chi connectivity index (χ4v) is 2.98. The van der Waals surface area contributed by atoms with E-state index in [1.165, 1.54) is 0 Å². The minimum absolute atomic E-state index is 0. The third kappa shape index (κ3) is 6.22. The monoisotopic (exact) mass is 487 g/mol. The number of ether oxygens (including phenoxy) is 2. The summed E-state index contributed by atoms with van der Waals surface area (Å²) in [5, 5.41) is 7.84. The number of aliphatic imine (C=N–C) groups is 1. The normalized spacial score (nSPS) is 17.1. The first kappa shape index (κ1) is 21.8. The Morgan fingerprint density at radius 3 is 2.58 bits per heavy atom. The standard InChI is InChI=1S/C16H23Cl2N3O2.HI/c1-19-15(20-10-12-3-4-13(17)9-14(12)18)21-11-16(22-2)5-7-23-8-6-16;/h3-4,9H,5-8,10-11H2,1-2H3,(H2,19,20,21);1H. The van der Waals surface area contributed by atoms with Gasteiger partial charge in [0.2, 0.25) is 0 Å². The molecule has 1 aromatic rings. The highest BCUT2D eigenvalue weighted by molar-refractivity contribution is 14.0. The number of hydrogen-bond donors (Lipinski definition) is 2. The number of halogens is 3. The second-order valence-electron chi connectivity index (χ2n) is 5.51. The third-order valence-electron chi connectivity index (χ3n) is 4.10. The van der Waals surface area contributed by atoms with Crippen molar-refractivity contribution in [3.63, 3.8) is 0 Å². The molecule has 0 spiro atoms. The highest BCUT2D eigenvalue weighted by Gasteiger charge is 2.32. The molecule has 0 aromatic heterocycles. The maximum atomic E-state index is 6.18. The van der Waals surface area contributed by atoms with Crippen LogP contribution in [-0.2, 0) is 16.0 Å². The fraction of sp³-hybridized carbons (Fsp3) is 0.562. The van der Waals surface area contributed by atoms with Gasteiger partial charge in [0.1, 0.15) is 0 Å². The zero-order chi connectivity index (χ0) is 16.7. The van der Waals surface area contributed by atoms with Crippen molar-refractivity contribution in [1.29, 1.82) is 0 Å². The Morgan fingerprint density at radius 1 is 1.29 bits per heavy atom. The topological polar surface area (TPSA) is 54.9 Å². The van der Waals surface area contributed by atoms with Crippen LogP contribution in [0, 0.1) is 0 Å². The maximum Gasteiger partial charge on any atom is 0.191 e. The second kappa shape index (κ2) is 10.7. The van der Waals surface area contributed by atoms with Gasteiger partial charge in [-0.1, -0.05) is 29.3 Å². The van der Waals surface area contributed by atoms with Crippen molar-refractivity contribution in [3.8, 4) is 0 Å². The molecule has 0 unspecified atom stereocenters. The number of benzene rings is 1. The van der Waals surface area contributed by atoms with Crippen molar-refractivity contribution in [2.24, 2.45) is 4.99 Å². The van der Waals surface area contributed by atoms with Crippen LogP contribution in [0.25, 0.3) is 0 Å². The lowest BCUT2D eigenvalue weighted by molar-refractivity contribution is -0.0855. The molecule has 2 rings (SSSR count). The van der Waals surface area contributed by atoms with E-state index in [1.807, 2.05) is 12.1 Å². The first-order chi connectivity index (χ1) is 11.1. The number of nitrogens with zero attached hydrogens (tertiary/aromatic N) is 1. The minimum atomic E-state index is -0.201. The van der Waals surface area contributed by atoms with Crippen LogP contribution >= 0.6 is 47.2 Å². The summed E-state index contributed by atoms with van der Waals surface area (Å²) in [5.74, 6) is 0.707. The fourth-order valence-electron chi connectivity index (χ4n) is 2.51. The summed E-state index contributed by atoms with van der Waals surface area (Å²) >= 11 is 12.1. The molecular formula is C16H24Cl2IN3O2. The van der Waals surface area contributed by atoms with E-state index in [0.717, 1.165) is 31.6 Å². The van der Waals surface area contributed by atoms with E-state index >= 15 is 0 Å². The lowest BCUT2D eigenvalue weighted by Gasteiger charge is -2.36. The molecule has 1 aliphatic heterocycles. The molecule has 0 amide bonds. The molecule has 136 valence electrons. The van der Waals surface area contributed by atoms with E-state index in [2.05, 4.69) is 15.6 Å². The molecule has 0 aliphatic carbocycles. The van der Waals surface area contributed by atoms with Gasteiger partial charge in [-0.25, -0.2) is 0 Å². The summed E-state index contributed by atoms with van der Waals surface area (Å²) in [6.07, 6.45) is 1.74. The van der Waals surface area contributed by atoms with Crippen molar-refractivity contribution in [1.82, 2.24) is 10.6 Å². The molecule has 0 bridgehead atoms. The predicted molar refractivity (Wildman–Crippen MR) is 110 cm³/mol. The Hall–Kier alpha value is -0.280. The van der Waals surface area contributed by atoms with E-state index in [1.54, 1.807) is 20.2 Å². The Labute approximate surface area is 170 Å². The van der Waals surface area contributed by atoms with E-state index in [9.17, 15) is 0 Å². The van der Waals surface area contributed by atoms with E-state index in [0.29, 0.717) is 29.1 Å². The molecule has 0 atom stereocenters. The zero-order valence-corrected chi connectivity index (χ0v) is 17.7. The Bertz CT molecular complexity index is 552. The lowest BCUT2D eigenvalue weighted by Crippen LogP contribution is -2.50. The first-order valence-corrected chi connectivity index (χ1v) is 8.35. The molecule has 2 N–H and O–H groups in total. The van der Waals surface area contributed by atoms with Crippen molar-refractivity contribution in [3.05, 3.63) is 33.8 Å². The molecule has 24 heavy (non-hydrogen) atoms. The van der Waals surface area contributed by atoms with Crippen molar-refractivity contribution in [2.75, 3.05) is 33.9 Å². The summed E-state index contributed by atoms with van der Waals surface area (Å²) in [7, 11) is 3.49. The Balaban J connectivity index is 0.00000288. The van der Waals surface area contributed by atoms with Gasteiger partial charge in [-0.05, 0) is 17.7 Å². The van der Waals surface area contributed by atoms with Gasteiger partial charge in [-0.15, -0.1) is 24.0 Å². The third-order valence-corrected chi connectivity index (χ3v) is 4.69. The van der Waals surface area contributed by atoms with Crippen LogP contribution < -0.4 is 10.6 Å². The summed E-state index contributed by atoms with van der Waals surface area (Å²) in [6.45, 7) is 2.70. The first-order valence-electron chi connectivity index (χ1n) is 7.60. The number of guanidine groups is 1. The molecule has 0 radical (unpaired) electrons. The molecule has 1 heterocycles. The van der Waals surface area contributed by atoms with Crippen LogP contribution in [0.15, 0.2) is 23.2 Å². The van der Waals surface area contributed by atoms with Crippen molar-refractivity contribution < 1.29 is 9.47 Å². The average Bonchev–Trinajstić information content (AvgIpc) is 2.57. The van der Waals surface area contributed by atoms with Gasteiger partial charge in [0.25, 0.3) is 0 Å². The van der Waals surface area contributed by atoms with E-state index in [-0.39, 0.29) is 29.6 Å². The van der Waals surface area contributed by atoms with E-state index in [4.69, 9.17) is 32.7 Å². The van der Waals surface area contributed by atoms with Gasteiger partial charge in [-0.3, -0.25) is 4.99 Å². The van der Waals surface area contributed by atoms with Gasteiger partial charge in [0.15, 0.2) is 5.96 Å². The molecule has 8 heteroatoms. The molecule has 5 nitrogen and oxygen atoms in total. The number of rotatable bonds is 5. The van der Waals surface area contributed by atoms with Gasteiger partial charge in [-0.2, -0.15) is 0 Å². The van der Waals surface area contributed by atoms with Crippen LogP contribution in [0.2, 0.25) is 10.0 Å². The number of methoxy groups -OCH3 is 1. The number of nitrogens with one attached hydrogen (secondary N) is 2. The van der Waals surface area contributed by atoms with Crippen LogP contribution in [0.3, 0.4) is 0 Å². The van der Waals surface area contributed by atoms with Gasteiger partial charge in [0.05, 0.1) is 5.60 Å². The quantitative estimate of drug-likeness (QED) is 0.379. The highest BCUT2D eigenvalue weighted by Crippen LogP contribution is 2.23. The van der Waals surface area contributed by atoms with Crippen LogP contribution in [0.1, 0.15) is 18.4 Å². The largest absolute Gasteiger partial charge is 0.381 e. The van der Waals surface area contributed by atoms with Crippen molar-refractivity contribution in [2.45, 2.75) is 25.0 Å². The second-order valence-corrected chi connectivity index (χ2v) is 6.36. The molecule has 1 aliphatic rings. The molecule has 0 saturated carbocycles. The lowest BCUT2D eigenvalue weighted by atomic mass is 9.94. The predicted octanol–water partition coefficient (Wildman–Crippen LogP) is 3.47. The number of hydrogen-bond acceptors (Lipinski definition) is 3. The highest BCUT2D eigenvalue weighted by atomic mass is 127. The average molecular weight is 488 g/mol. The molecular weight excluding hydrogens is 464 g/mol. The molecule has 1 saturated heterocycles. The van der Waals surface area contributed by atoms with Crippen molar-refractivity contribution >= 4 is 53.1 Å². The smallest absolute Gasteiger partial charge is 0.191 e. The van der Waals surface area contributed by atoms with Gasteiger partial charge < -0.3 is 20.1 Å². The van der Waals surface area contributed by atoms with Gasteiger partial charge >= 0.3 is 0 Å². The molecule has 1 aromatic carbocycles. The summed E-state index contributed by atoms with van der Waals surface area (Å²) in [5.41, 5.74) is 0.764. The minimum Gasteiger partial charge on any atom is -0.381 e. The summed E-state index contributed by atoms with van der Waals surface area (Å²) in [4.78, 5) is 4.24. The Morgan fingerprint density at radius 2 is 2.00 bits per heavy atom. The SMILES string of the molecule is CN=C(NCc1ccc(Cl)cc1Cl)NCC1(OC)CCOCC1.I. The molecule has 1 fully saturated rings. The Kier molecular flexibility index (Phi) is 9.66. The summed E-state index contributed by atoms with van der Waals surface area (Å²) < 4.78 is 11.1. The van der Waals surface area contributed by atoms with Gasteiger partial charge in [0, 0.05) is 63.3 Å².